The van der Waals surface area contributed by atoms with Gasteiger partial charge in [0, 0.05) is 77.9 Å². The van der Waals surface area contributed by atoms with Crippen molar-refractivity contribution in [3.8, 4) is 45.3 Å². The fourth-order valence-corrected chi connectivity index (χ4v) is 10.3. The number of furan rings is 4. The summed E-state index contributed by atoms with van der Waals surface area (Å²) in [5.41, 5.74) is 13.0. The van der Waals surface area contributed by atoms with Crippen LogP contribution in [0, 0.1) is 0 Å². The molecule has 0 radical (unpaired) electrons. The van der Waals surface area contributed by atoms with E-state index in [0.29, 0.717) is 22.7 Å². The Morgan fingerprint density at radius 3 is 0.750 bits per heavy atom. The van der Waals surface area contributed by atoms with Crippen molar-refractivity contribution in [3.05, 3.63) is 255 Å². The number of hydrogen-bond acceptors (Lipinski definition) is 6. The van der Waals surface area contributed by atoms with Crippen LogP contribution in [0.25, 0.3) is 99.9 Å². The van der Waals surface area contributed by atoms with Gasteiger partial charge in [-0.3, -0.25) is 0 Å². The minimum atomic E-state index is 0.692. The second-order valence-electron chi connectivity index (χ2n) is 18.0. The zero-order chi connectivity index (χ0) is 47.5. The van der Waals surface area contributed by atoms with Crippen molar-refractivity contribution in [3.63, 3.8) is 0 Å². The predicted molar refractivity (Wildman–Crippen MR) is 294 cm³/mol. The molecule has 0 aliphatic carbocycles. The third kappa shape index (κ3) is 6.96. The molecule has 6 heteroatoms. The van der Waals surface area contributed by atoms with Gasteiger partial charge in [0.05, 0.1) is 10.8 Å². The van der Waals surface area contributed by atoms with Gasteiger partial charge in [0.2, 0.25) is 0 Å². The van der Waals surface area contributed by atoms with Crippen LogP contribution < -0.4 is 9.80 Å². The highest BCUT2D eigenvalue weighted by atomic mass is 16.4. The molecule has 14 aromatic rings. The maximum Gasteiger partial charge on any atom is 0.147 e. The largest absolute Gasteiger partial charge is 0.455 e. The second kappa shape index (κ2) is 17.0. The van der Waals surface area contributed by atoms with Crippen LogP contribution in [0.2, 0.25) is 0 Å². The van der Waals surface area contributed by atoms with Crippen molar-refractivity contribution in [2.75, 3.05) is 9.80 Å². The van der Waals surface area contributed by atoms with Crippen LogP contribution in [0.4, 0.5) is 34.1 Å². The highest BCUT2D eigenvalue weighted by molar-refractivity contribution is 6.37. The molecule has 0 atom stereocenters. The third-order valence-electron chi connectivity index (χ3n) is 13.7. The van der Waals surface area contributed by atoms with Gasteiger partial charge in [0.15, 0.2) is 0 Å². The van der Waals surface area contributed by atoms with E-state index in [1.54, 1.807) is 0 Å². The number of nitrogens with zero attached hydrogens (tertiary/aromatic N) is 2. The Labute approximate surface area is 414 Å². The fraction of sp³-hybridized carbons (Fsp3) is 0. The standard InChI is InChI=1S/C66H42N2O4/c1-7-19-43(20-8-1)57-39-53-61-62(65-55(63(53)69-57)41-59(71-65)45-31-35-51(36-32-45)67(47-23-11-3-12-24-47)48-25-13-4-14-26-48)54-40-58(44-21-9-2-10-22-44)70-64(54)56-42-60(72-66(56)61)46-33-37-52(38-34-46)68(49-27-15-5-16-28-49)50-29-17-6-18-30-50/h1-42H. The van der Waals surface area contributed by atoms with Crippen molar-refractivity contribution >= 4 is 88.8 Å². The maximum atomic E-state index is 7.17. The van der Waals surface area contributed by atoms with Crippen molar-refractivity contribution in [1.29, 1.82) is 0 Å². The quantitative estimate of drug-likeness (QED) is 0.136. The van der Waals surface area contributed by atoms with E-state index in [9.17, 15) is 0 Å². The molecule has 14 rings (SSSR count). The Hall–Kier alpha value is -9.78. The minimum absolute atomic E-state index is 0.692. The number of para-hydroxylation sites is 4. The fourth-order valence-electron chi connectivity index (χ4n) is 10.3. The van der Waals surface area contributed by atoms with Gasteiger partial charge in [0.25, 0.3) is 0 Å². The molecule has 0 aliphatic rings. The molecule has 0 fully saturated rings. The van der Waals surface area contributed by atoms with E-state index in [4.69, 9.17) is 17.7 Å². The smallest absolute Gasteiger partial charge is 0.147 e. The lowest BCUT2D eigenvalue weighted by Crippen LogP contribution is -2.09. The van der Waals surface area contributed by atoms with E-state index >= 15 is 0 Å². The molecule has 72 heavy (non-hydrogen) atoms. The van der Waals surface area contributed by atoms with Crippen LogP contribution >= 0.6 is 0 Å². The van der Waals surface area contributed by atoms with E-state index in [0.717, 1.165) is 111 Å². The zero-order valence-electron chi connectivity index (χ0n) is 38.8. The molecule has 0 spiro atoms. The highest BCUT2D eigenvalue weighted by Gasteiger charge is 2.28. The van der Waals surface area contributed by atoms with E-state index in [2.05, 4.69) is 204 Å². The Bertz CT molecular complexity index is 3860. The number of anilines is 6. The van der Waals surface area contributed by atoms with Crippen LogP contribution in [0.5, 0.6) is 0 Å². The highest BCUT2D eigenvalue weighted by Crippen LogP contribution is 2.51. The summed E-state index contributed by atoms with van der Waals surface area (Å²) in [5, 5.41) is 5.36. The molecular formula is C66H42N2O4. The summed E-state index contributed by atoms with van der Waals surface area (Å²) in [7, 11) is 0. The summed E-state index contributed by atoms with van der Waals surface area (Å²) in [6.07, 6.45) is 0. The average Bonchev–Trinajstić information content (AvgIpc) is 4.29. The van der Waals surface area contributed by atoms with Gasteiger partial charge < -0.3 is 27.5 Å². The molecule has 6 nitrogen and oxygen atoms in total. The van der Waals surface area contributed by atoms with E-state index < -0.39 is 0 Å². The molecule has 0 unspecified atom stereocenters. The van der Waals surface area contributed by atoms with Gasteiger partial charge in [-0.1, -0.05) is 133 Å². The van der Waals surface area contributed by atoms with Gasteiger partial charge in [-0.05, 0) is 121 Å². The van der Waals surface area contributed by atoms with Gasteiger partial charge in [-0.25, -0.2) is 0 Å². The van der Waals surface area contributed by atoms with Gasteiger partial charge in [-0.2, -0.15) is 0 Å². The van der Waals surface area contributed by atoms with Crippen LogP contribution in [-0.2, 0) is 0 Å². The van der Waals surface area contributed by atoms with Crippen LogP contribution in [0.1, 0.15) is 0 Å². The minimum Gasteiger partial charge on any atom is -0.455 e. The Balaban J connectivity index is 0.982. The van der Waals surface area contributed by atoms with Crippen LogP contribution in [0.15, 0.2) is 272 Å². The van der Waals surface area contributed by atoms with Crippen molar-refractivity contribution in [2.45, 2.75) is 0 Å². The average molecular weight is 927 g/mol. The lowest BCUT2D eigenvalue weighted by molar-refractivity contribution is 0.626. The van der Waals surface area contributed by atoms with Crippen molar-refractivity contribution < 1.29 is 17.7 Å². The molecule has 4 aromatic heterocycles. The Morgan fingerprint density at radius 1 is 0.208 bits per heavy atom. The molecule has 4 heterocycles. The Kier molecular flexibility index (Phi) is 9.74. The lowest BCUT2D eigenvalue weighted by atomic mass is 9.97. The Morgan fingerprint density at radius 2 is 0.444 bits per heavy atom. The molecule has 0 aliphatic heterocycles. The molecule has 0 bridgehead atoms. The first kappa shape index (κ1) is 41.2. The van der Waals surface area contributed by atoms with Gasteiger partial charge in [-0.15, -0.1) is 0 Å². The molecular weight excluding hydrogens is 885 g/mol. The van der Waals surface area contributed by atoms with E-state index in [-0.39, 0.29) is 0 Å². The molecule has 0 saturated heterocycles. The summed E-state index contributed by atoms with van der Waals surface area (Å²) in [5.74, 6) is 2.94. The second-order valence-corrected chi connectivity index (χ2v) is 18.0. The summed E-state index contributed by atoms with van der Waals surface area (Å²) >= 11 is 0. The first-order chi connectivity index (χ1) is 35.7. The van der Waals surface area contributed by atoms with Gasteiger partial charge in [0.1, 0.15) is 45.4 Å². The number of hydrogen-bond donors (Lipinski definition) is 0. The SMILES string of the molecule is c1ccc(-c2cc3c(o2)c2cc(-c4ccc(N(c5ccccc5)c5ccccc5)cc4)oc2c2c4cc(-c5ccccc5)oc4c4cc(-c5ccc(N(c6ccccc6)c6ccccc6)cc5)oc4c32)cc1. The summed E-state index contributed by atoms with van der Waals surface area (Å²) in [6.45, 7) is 0. The van der Waals surface area contributed by atoms with E-state index in [1.807, 2.05) is 60.7 Å². The summed E-state index contributed by atoms with van der Waals surface area (Å²) < 4.78 is 28.3. The topological polar surface area (TPSA) is 59.0 Å². The predicted octanol–water partition coefficient (Wildman–Crippen LogP) is 19.4. The number of fused-ring (bicyclic) bond motifs is 11. The zero-order valence-corrected chi connectivity index (χ0v) is 38.8. The maximum absolute atomic E-state index is 7.17. The molecule has 10 aromatic carbocycles. The third-order valence-corrected chi connectivity index (χ3v) is 13.7. The van der Waals surface area contributed by atoms with Crippen molar-refractivity contribution in [1.82, 2.24) is 0 Å². The molecule has 0 saturated carbocycles. The number of rotatable bonds is 10. The molecule has 340 valence electrons. The van der Waals surface area contributed by atoms with E-state index in [1.165, 1.54) is 0 Å². The van der Waals surface area contributed by atoms with Gasteiger partial charge >= 0.3 is 0 Å². The normalized spacial score (nSPS) is 11.6. The first-order valence-corrected chi connectivity index (χ1v) is 24.1. The molecule has 0 amide bonds. The van der Waals surface area contributed by atoms with Crippen LogP contribution in [0.3, 0.4) is 0 Å². The summed E-state index contributed by atoms with van der Waals surface area (Å²) in [4.78, 5) is 4.52. The summed E-state index contributed by atoms with van der Waals surface area (Å²) in [6, 6.07) is 87.9. The first-order valence-electron chi connectivity index (χ1n) is 24.1. The lowest BCUT2D eigenvalue weighted by Gasteiger charge is -2.25. The monoisotopic (exact) mass is 926 g/mol. The van der Waals surface area contributed by atoms with Crippen LogP contribution in [-0.4, -0.2) is 0 Å². The van der Waals surface area contributed by atoms with Crippen molar-refractivity contribution in [2.24, 2.45) is 0 Å². The number of benzene rings is 10. The molecule has 0 N–H and O–H groups in total.